The SMILES string of the molecule is Cc1ccc(-n2c(SCC(=O)Nc3ccccc3C(=O)NC(C)C)nc3ccccc3c2=O)cc1. The fourth-order valence-corrected chi connectivity index (χ4v) is 4.39. The molecule has 0 aliphatic rings. The maximum absolute atomic E-state index is 13.3. The number of benzene rings is 3. The summed E-state index contributed by atoms with van der Waals surface area (Å²) in [6.07, 6.45) is 0. The number of anilines is 1. The summed E-state index contributed by atoms with van der Waals surface area (Å²) >= 11 is 1.17. The molecule has 1 aromatic heterocycles. The Hall–Kier alpha value is -3.91. The van der Waals surface area contributed by atoms with E-state index in [0.717, 1.165) is 5.56 Å². The van der Waals surface area contributed by atoms with Gasteiger partial charge in [0.05, 0.1) is 33.6 Å². The molecule has 178 valence electrons. The van der Waals surface area contributed by atoms with Gasteiger partial charge in [-0.15, -0.1) is 0 Å². The molecular weight excluding hydrogens is 460 g/mol. The summed E-state index contributed by atoms with van der Waals surface area (Å²) in [6, 6.07) is 21.6. The van der Waals surface area contributed by atoms with Gasteiger partial charge < -0.3 is 10.6 Å². The lowest BCUT2D eigenvalue weighted by molar-refractivity contribution is -0.113. The van der Waals surface area contributed by atoms with Gasteiger partial charge in [0.15, 0.2) is 5.16 Å². The van der Waals surface area contributed by atoms with Crippen molar-refractivity contribution in [1.29, 1.82) is 0 Å². The molecule has 0 aliphatic carbocycles. The van der Waals surface area contributed by atoms with Crippen LogP contribution in [0.15, 0.2) is 82.7 Å². The fraction of sp³-hybridized carbons (Fsp3) is 0.185. The maximum Gasteiger partial charge on any atom is 0.266 e. The first kappa shape index (κ1) is 24.2. The molecule has 4 aromatic rings. The van der Waals surface area contributed by atoms with Gasteiger partial charge in [0.25, 0.3) is 11.5 Å². The molecule has 0 bridgehead atoms. The molecule has 0 aliphatic heterocycles. The van der Waals surface area contributed by atoms with Crippen molar-refractivity contribution >= 4 is 40.2 Å². The first-order chi connectivity index (χ1) is 16.8. The molecule has 2 N–H and O–H groups in total. The van der Waals surface area contributed by atoms with Crippen molar-refractivity contribution in [1.82, 2.24) is 14.9 Å². The molecule has 0 unspecified atom stereocenters. The van der Waals surface area contributed by atoms with E-state index >= 15 is 0 Å². The van der Waals surface area contributed by atoms with Gasteiger partial charge in [0.2, 0.25) is 5.91 Å². The minimum absolute atomic E-state index is 0.0107. The third kappa shape index (κ3) is 5.60. The summed E-state index contributed by atoms with van der Waals surface area (Å²) in [6.45, 7) is 5.73. The average Bonchev–Trinajstić information content (AvgIpc) is 2.83. The number of aromatic nitrogens is 2. The minimum atomic E-state index is -0.308. The molecule has 1 heterocycles. The number of carbonyl (C=O) groups excluding carboxylic acids is 2. The van der Waals surface area contributed by atoms with Gasteiger partial charge in [-0.25, -0.2) is 4.98 Å². The minimum Gasteiger partial charge on any atom is -0.350 e. The van der Waals surface area contributed by atoms with Crippen molar-refractivity contribution in [3.63, 3.8) is 0 Å². The Morgan fingerprint density at radius 2 is 1.66 bits per heavy atom. The van der Waals surface area contributed by atoms with Crippen LogP contribution in [0, 0.1) is 6.92 Å². The zero-order valence-corrected chi connectivity index (χ0v) is 20.6. The molecule has 0 atom stereocenters. The number of nitrogens with one attached hydrogen (secondary N) is 2. The van der Waals surface area contributed by atoms with Gasteiger partial charge in [-0.2, -0.15) is 0 Å². The normalized spacial score (nSPS) is 11.0. The quantitative estimate of drug-likeness (QED) is 0.295. The largest absolute Gasteiger partial charge is 0.350 e. The third-order valence-electron chi connectivity index (χ3n) is 5.24. The van der Waals surface area contributed by atoms with Crippen LogP contribution in [0.5, 0.6) is 0 Å². The second-order valence-electron chi connectivity index (χ2n) is 8.40. The molecule has 8 heteroatoms. The number of nitrogens with zero attached hydrogens (tertiary/aromatic N) is 2. The van der Waals surface area contributed by atoms with Crippen LogP contribution in [-0.4, -0.2) is 33.2 Å². The fourth-order valence-electron chi connectivity index (χ4n) is 3.58. The molecular formula is C27H26N4O3S. The Morgan fingerprint density at radius 1 is 0.971 bits per heavy atom. The van der Waals surface area contributed by atoms with Crippen LogP contribution >= 0.6 is 11.8 Å². The number of amides is 2. The number of aryl methyl sites for hydroxylation is 1. The van der Waals surface area contributed by atoms with E-state index in [1.54, 1.807) is 42.5 Å². The third-order valence-corrected chi connectivity index (χ3v) is 6.17. The van der Waals surface area contributed by atoms with Crippen LogP contribution in [0.2, 0.25) is 0 Å². The summed E-state index contributed by atoms with van der Waals surface area (Å²) in [4.78, 5) is 43.4. The molecule has 0 saturated carbocycles. The summed E-state index contributed by atoms with van der Waals surface area (Å²) in [5.41, 5.74) is 2.94. The highest BCUT2D eigenvalue weighted by molar-refractivity contribution is 7.99. The zero-order valence-electron chi connectivity index (χ0n) is 19.7. The van der Waals surface area contributed by atoms with E-state index in [1.165, 1.54) is 16.3 Å². The van der Waals surface area contributed by atoms with Crippen LogP contribution in [0.1, 0.15) is 29.8 Å². The van der Waals surface area contributed by atoms with E-state index in [4.69, 9.17) is 0 Å². The van der Waals surface area contributed by atoms with E-state index in [2.05, 4.69) is 15.6 Å². The highest BCUT2D eigenvalue weighted by Gasteiger charge is 2.17. The summed E-state index contributed by atoms with van der Waals surface area (Å²) in [5.74, 6) is -0.554. The predicted octanol–water partition coefficient (Wildman–Crippen LogP) is 4.56. The van der Waals surface area contributed by atoms with E-state index in [-0.39, 0.29) is 29.2 Å². The molecule has 0 spiro atoms. The van der Waals surface area contributed by atoms with Crippen molar-refractivity contribution in [2.45, 2.75) is 32.0 Å². The number of hydrogen-bond acceptors (Lipinski definition) is 5. The number of carbonyl (C=O) groups is 2. The topological polar surface area (TPSA) is 93.1 Å². The molecule has 0 radical (unpaired) electrons. The lowest BCUT2D eigenvalue weighted by atomic mass is 10.1. The summed E-state index contributed by atoms with van der Waals surface area (Å²) < 4.78 is 1.53. The number of fused-ring (bicyclic) bond motifs is 1. The van der Waals surface area contributed by atoms with Crippen molar-refractivity contribution in [2.24, 2.45) is 0 Å². The van der Waals surface area contributed by atoms with E-state index in [0.29, 0.717) is 33.0 Å². The monoisotopic (exact) mass is 486 g/mol. The Kier molecular flexibility index (Phi) is 7.31. The molecule has 7 nitrogen and oxygen atoms in total. The van der Waals surface area contributed by atoms with Crippen LogP contribution < -0.4 is 16.2 Å². The number of para-hydroxylation sites is 2. The van der Waals surface area contributed by atoms with Gasteiger partial charge in [0, 0.05) is 6.04 Å². The van der Waals surface area contributed by atoms with Gasteiger partial charge in [-0.05, 0) is 57.2 Å². The Balaban J connectivity index is 1.61. The highest BCUT2D eigenvalue weighted by Crippen LogP contribution is 2.23. The second kappa shape index (κ2) is 10.6. The number of hydrogen-bond donors (Lipinski definition) is 2. The molecule has 0 saturated heterocycles. The van der Waals surface area contributed by atoms with Crippen LogP contribution in [0.25, 0.3) is 16.6 Å². The van der Waals surface area contributed by atoms with Crippen LogP contribution in [-0.2, 0) is 4.79 Å². The molecule has 3 aromatic carbocycles. The maximum atomic E-state index is 13.3. The van der Waals surface area contributed by atoms with E-state index in [1.807, 2.05) is 51.1 Å². The lowest BCUT2D eigenvalue weighted by Crippen LogP contribution is -2.31. The molecule has 0 fully saturated rings. The predicted molar refractivity (Wildman–Crippen MR) is 140 cm³/mol. The van der Waals surface area contributed by atoms with Gasteiger partial charge in [-0.3, -0.25) is 19.0 Å². The summed E-state index contributed by atoms with van der Waals surface area (Å²) in [5, 5.41) is 6.58. The van der Waals surface area contributed by atoms with E-state index in [9.17, 15) is 14.4 Å². The molecule has 4 rings (SSSR count). The van der Waals surface area contributed by atoms with Crippen LogP contribution in [0.4, 0.5) is 5.69 Å². The Labute approximate surface area is 207 Å². The van der Waals surface area contributed by atoms with Gasteiger partial charge in [-0.1, -0.05) is 53.7 Å². The first-order valence-electron chi connectivity index (χ1n) is 11.2. The molecule has 2 amide bonds. The van der Waals surface area contributed by atoms with Crippen molar-refractivity contribution in [3.8, 4) is 5.69 Å². The smallest absolute Gasteiger partial charge is 0.266 e. The number of rotatable bonds is 7. The van der Waals surface area contributed by atoms with E-state index < -0.39 is 0 Å². The van der Waals surface area contributed by atoms with Crippen LogP contribution in [0.3, 0.4) is 0 Å². The number of thioether (sulfide) groups is 1. The van der Waals surface area contributed by atoms with Crippen molar-refractivity contribution < 1.29 is 9.59 Å². The van der Waals surface area contributed by atoms with Crippen molar-refractivity contribution in [2.75, 3.05) is 11.1 Å². The van der Waals surface area contributed by atoms with Gasteiger partial charge >= 0.3 is 0 Å². The lowest BCUT2D eigenvalue weighted by Gasteiger charge is -2.15. The average molecular weight is 487 g/mol. The van der Waals surface area contributed by atoms with Crippen molar-refractivity contribution in [3.05, 3.63) is 94.3 Å². The zero-order chi connectivity index (χ0) is 24.9. The Bertz CT molecular complexity index is 1450. The first-order valence-corrected chi connectivity index (χ1v) is 12.2. The van der Waals surface area contributed by atoms with Gasteiger partial charge in [0.1, 0.15) is 0 Å². The standard InChI is InChI=1S/C27H26N4O3S/c1-17(2)28-25(33)20-8-4-6-10-22(20)29-24(32)16-35-27-30-23-11-7-5-9-21(23)26(34)31(27)19-14-12-18(3)13-15-19/h4-15,17H,16H2,1-3H3,(H,28,33)(H,29,32). The highest BCUT2D eigenvalue weighted by atomic mass is 32.2. The second-order valence-corrected chi connectivity index (χ2v) is 9.34. The summed E-state index contributed by atoms with van der Waals surface area (Å²) in [7, 11) is 0. The Morgan fingerprint density at radius 3 is 2.40 bits per heavy atom. The molecule has 35 heavy (non-hydrogen) atoms.